The predicted octanol–water partition coefficient (Wildman–Crippen LogP) is 1.40. The summed E-state index contributed by atoms with van der Waals surface area (Å²) in [4.78, 5) is 0. The molecule has 1 saturated carbocycles. The molecule has 1 aliphatic heterocycles. The smallest absolute Gasteiger partial charge is 0.249 e. The summed E-state index contributed by atoms with van der Waals surface area (Å²) in [5, 5.41) is 3.12. The molecule has 1 N–H and O–H groups in total. The Bertz CT molecular complexity index is 140. The zero-order valence-electron chi connectivity index (χ0n) is 5.79. The number of nitrogens with one attached hydrogen (secondary N) is 1. The first kappa shape index (κ1) is 6.53. The van der Waals surface area contributed by atoms with Gasteiger partial charge in [0.1, 0.15) is 0 Å². The minimum atomic E-state index is -2.34. The van der Waals surface area contributed by atoms with Crippen molar-refractivity contribution in [3.8, 4) is 0 Å². The predicted molar refractivity (Wildman–Crippen MR) is 34.1 cm³/mol. The lowest BCUT2D eigenvalue weighted by Gasteiger charge is -2.44. The van der Waals surface area contributed by atoms with E-state index in [2.05, 4.69) is 5.32 Å². The Labute approximate surface area is 58.8 Å². The molecule has 10 heavy (non-hydrogen) atoms. The minimum absolute atomic E-state index is 0.0104. The zero-order valence-corrected chi connectivity index (χ0v) is 5.79. The normalized spacial score (nSPS) is 34.2. The zero-order chi connectivity index (χ0) is 7.24. The van der Waals surface area contributed by atoms with Gasteiger partial charge in [-0.1, -0.05) is 0 Å². The third kappa shape index (κ3) is 0.839. The minimum Gasteiger partial charge on any atom is -0.316 e. The van der Waals surface area contributed by atoms with Crippen LogP contribution >= 0.6 is 0 Å². The summed E-state index contributed by atoms with van der Waals surface area (Å²) in [5.41, 5.74) is -0.0104. The summed E-state index contributed by atoms with van der Waals surface area (Å²) in [5.74, 6) is -2.34. The number of hydrogen-bond donors (Lipinski definition) is 1. The molecule has 0 aromatic heterocycles. The Hall–Kier alpha value is -0.180. The second-order valence-corrected chi connectivity index (χ2v) is 3.64. The van der Waals surface area contributed by atoms with Crippen LogP contribution in [0.5, 0.6) is 0 Å². The average Bonchev–Trinajstić information content (AvgIpc) is 2.10. The number of halogens is 2. The van der Waals surface area contributed by atoms with E-state index in [-0.39, 0.29) is 18.3 Å². The van der Waals surface area contributed by atoms with E-state index < -0.39 is 5.92 Å². The van der Waals surface area contributed by atoms with Crippen LogP contribution < -0.4 is 5.32 Å². The fraction of sp³-hybridized carbons (Fsp3) is 1.00. The van der Waals surface area contributed by atoms with Gasteiger partial charge in [0.15, 0.2) is 0 Å². The monoisotopic (exact) mass is 147 g/mol. The van der Waals surface area contributed by atoms with Gasteiger partial charge in [-0.2, -0.15) is 0 Å². The lowest BCUT2D eigenvalue weighted by Crippen LogP contribution is -2.47. The van der Waals surface area contributed by atoms with Gasteiger partial charge in [0.05, 0.1) is 0 Å². The molecule has 0 aromatic rings. The molecule has 0 bridgehead atoms. The van der Waals surface area contributed by atoms with Crippen molar-refractivity contribution in [3.63, 3.8) is 0 Å². The molecule has 58 valence electrons. The van der Waals surface area contributed by atoms with Crippen LogP contribution in [-0.4, -0.2) is 19.0 Å². The van der Waals surface area contributed by atoms with E-state index in [0.717, 1.165) is 19.5 Å². The van der Waals surface area contributed by atoms with Crippen LogP contribution in [0.15, 0.2) is 0 Å². The lowest BCUT2D eigenvalue weighted by molar-refractivity contribution is -0.152. The lowest BCUT2D eigenvalue weighted by atomic mass is 9.65. The van der Waals surface area contributed by atoms with E-state index in [9.17, 15) is 8.78 Å². The standard InChI is InChI=1S/C7H11F2N/c8-7(9)3-6(4-7)1-2-10-5-6/h10H,1-5H2. The molecule has 1 heterocycles. The molecule has 1 aliphatic carbocycles. The van der Waals surface area contributed by atoms with E-state index in [1.807, 2.05) is 0 Å². The van der Waals surface area contributed by atoms with Gasteiger partial charge in [0.25, 0.3) is 0 Å². The molecule has 2 rings (SSSR count). The van der Waals surface area contributed by atoms with Crippen LogP contribution in [0.25, 0.3) is 0 Å². The van der Waals surface area contributed by atoms with Gasteiger partial charge in [-0.15, -0.1) is 0 Å². The van der Waals surface area contributed by atoms with Crippen LogP contribution in [0.3, 0.4) is 0 Å². The molecule has 1 saturated heterocycles. The van der Waals surface area contributed by atoms with E-state index in [4.69, 9.17) is 0 Å². The summed E-state index contributed by atoms with van der Waals surface area (Å²) in [6, 6.07) is 0. The first-order valence-electron chi connectivity index (χ1n) is 3.71. The average molecular weight is 147 g/mol. The first-order chi connectivity index (χ1) is 4.62. The van der Waals surface area contributed by atoms with Crippen molar-refractivity contribution >= 4 is 0 Å². The molecular formula is C7H11F2N. The maximum absolute atomic E-state index is 12.4. The van der Waals surface area contributed by atoms with Gasteiger partial charge in [0, 0.05) is 19.4 Å². The topological polar surface area (TPSA) is 12.0 Å². The number of hydrogen-bond acceptors (Lipinski definition) is 1. The van der Waals surface area contributed by atoms with Crippen molar-refractivity contribution in [3.05, 3.63) is 0 Å². The van der Waals surface area contributed by atoms with Crippen LogP contribution in [0, 0.1) is 5.41 Å². The Morgan fingerprint density at radius 3 is 2.30 bits per heavy atom. The van der Waals surface area contributed by atoms with Gasteiger partial charge in [-0.25, -0.2) is 8.78 Å². The van der Waals surface area contributed by atoms with E-state index >= 15 is 0 Å². The fourth-order valence-electron chi connectivity index (χ4n) is 2.14. The highest BCUT2D eigenvalue weighted by atomic mass is 19.3. The molecule has 1 spiro atoms. The van der Waals surface area contributed by atoms with E-state index in [1.54, 1.807) is 0 Å². The fourth-order valence-corrected chi connectivity index (χ4v) is 2.14. The van der Waals surface area contributed by atoms with Crippen molar-refractivity contribution in [1.82, 2.24) is 5.32 Å². The third-order valence-electron chi connectivity index (χ3n) is 2.60. The molecule has 2 fully saturated rings. The van der Waals surface area contributed by atoms with Crippen molar-refractivity contribution in [1.29, 1.82) is 0 Å². The van der Waals surface area contributed by atoms with Gasteiger partial charge in [-0.3, -0.25) is 0 Å². The van der Waals surface area contributed by atoms with Gasteiger partial charge < -0.3 is 5.32 Å². The van der Waals surface area contributed by atoms with Crippen LogP contribution in [0.2, 0.25) is 0 Å². The highest BCUT2D eigenvalue weighted by Gasteiger charge is 2.56. The Kier molecular flexibility index (Phi) is 1.11. The summed E-state index contributed by atoms with van der Waals surface area (Å²) in [7, 11) is 0. The maximum atomic E-state index is 12.4. The summed E-state index contributed by atoms with van der Waals surface area (Å²) in [6.45, 7) is 1.73. The van der Waals surface area contributed by atoms with Crippen LogP contribution in [-0.2, 0) is 0 Å². The molecule has 0 atom stereocenters. The summed E-state index contributed by atoms with van der Waals surface area (Å²) < 4.78 is 24.8. The number of rotatable bonds is 0. The van der Waals surface area contributed by atoms with E-state index in [0.29, 0.717) is 0 Å². The second kappa shape index (κ2) is 1.70. The molecule has 0 radical (unpaired) electrons. The van der Waals surface area contributed by atoms with Crippen molar-refractivity contribution < 1.29 is 8.78 Å². The maximum Gasteiger partial charge on any atom is 0.249 e. The van der Waals surface area contributed by atoms with Gasteiger partial charge in [0.2, 0.25) is 5.92 Å². The quantitative estimate of drug-likeness (QED) is 0.546. The highest BCUT2D eigenvalue weighted by molar-refractivity contribution is 5.03. The molecule has 0 amide bonds. The van der Waals surface area contributed by atoms with E-state index in [1.165, 1.54) is 0 Å². The number of alkyl halides is 2. The van der Waals surface area contributed by atoms with Crippen LogP contribution in [0.1, 0.15) is 19.3 Å². The SMILES string of the molecule is FC1(F)CC2(CCNC2)C1. The highest BCUT2D eigenvalue weighted by Crippen LogP contribution is 2.54. The summed E-state index contributed by atoms with van der Waals surface area (Å²) in [6.07, 6.45) is 1.18. The van der Waals surface area contributed by atoms with Crippen molar-refractivity contribution in [2.45, 2.75) is 25.2 Å². The van der Waals surface area contributed by atoms with Gasteiger partial charge >= 0.3 is 0 Å². The van der Waals surface area contributed by atoms with Gasteiger partial charge in [-0.05, 0) is 18.4 Å². The molecule has 0 unspecified atom stereocenters. The third-order valence-corrected chi connectivity index (χ3v) is 2.60. The Morgan fingerprint density at radius 2 is 1.90 bits per heavy atom. The molecule has 0 aromatic carbocycles. The second-order valence-electron chi connectivity index (χ2n) is 3.64. The molecular weight excluding hydrogens is 136 g/mol. The molecule has 2 aliphatic rings. The van der Waals surface area contributed by atoms with Crippen molar-refractivity contribution in [2.75, 3.05) is 13.1 Å². The Morgan fingerprint density at radius 1 is 1.20 bits per heavy atom. The Balaban J connectivity index is 1.98. The first-order valence-corrected chi connectivity index (χ1v) is 3.71. The molecule has 1 nitrogen and oxygen atoms in total. The molecule has 3 heteroatoms. The largest absolute Gasteiger partial charge is 0.316 e. The van der Waals surface area contributed by atoms with Crippen LogP contribution in [0.4, 0.5) is 8.78 Å². The summed E-state index contributed by atoms with van der Waals surface area (Å²) >= 11 is 0. The van der Waals surface area contributed by atoms with Crippen molar-refractivity contribution in [2.24, 2.45) is 5.41 Å².